The fourth-order valence-electron chi connectivity index (χ4n) is 3.87. The fourth-order valence-corrected chi connectivity index (χ4v) is 4.34. The van der Waals surface area contributed by atoms with Crippen molar-refractivity contribution in [3.63, 3.8) is 0 Å². The second kappa shape index (κ2) is 13.1. The van der Waals surface area contributed by atoms with E-state index in [1.165, 1.54) is 11.8 Å². The van der Waals surface area contributed by atoms with Gasteiger partial charge in [0.2, 0.25) is 17.7 Å². The Kier molecular flexibility index (Phi) is 9.90. The van der Waals surface area contributed by atoms with Crippen molar-refractivity contribution in [2.24, 2.45) is 0 Å². The first kappa shape index (κ1) is 25.7. The molecule has 9 heteroatoms. The zero-order valence-corrected chi connectivity index (χ0v) is 20.5. The molecular weight excluding hydrogens is 452 g/mol. The van der Waals surface area contributed by atoms with Gasteiger partial charge in [0.1, 0.15) is 6.04 Å². The summed E-state index contributed by atoms with van der Waals surface area (Å²) >= 11 is 1.61. The Bertz CT molecular complexity index is 944. The third-order valence-corrected chi connectivity index (χ3v) is 6.19. The maximum Gasteiger partial charge on any atom is 0.245 e. The Morgan fingerprint density at radius 3 is 2.62 bits per heavy atom. The van der Waals surface area contributed by atoms with Gasteiger partial charge in [-0.25, -0.2) is 0 Å². The molecule has 1 N–H and O–H groups in total. The molecule has 2 heterocycles. The number of hydrogen-bond donors (Lipinski definition) is 1. The van der Waals surface area contributed by atoms with Gasteiger partial charge in [-0.05, 0) is 35.6 Å². The summed E-state index contributed by atoms with van der Waals surface area (Å²) in [4.78, 5) is 45.7. The topological polar surface area (TPSA) is 91.8 Å². The number of carbonyl (C=O) groups excluding carboxylic acids is 3. The Morgan fingerprint density at radius 2 is 1.94 bits per heavy atom. The molecule has 3 rings (SSSR count). The molecule has 0 aliphatic carbocycles. The third-order valence-electron chi connectivity index (χ3n) is 5.55. The van der Waals surface area contributed by atoms with Crippen LogP contribution in [-0.4, -0.2) is 76.3 Å². The second-order valence-corrected chi connectivity index (χ2v) is 9.29. The Morgan fingerprint density at radius 1 is 1.18 bits per heavy atom. The monoisotopic (exact) mass is 484 g/mol. The summed E-state index contributed by atoms with van der Waals surface area (Å²) in [5.74, 6) is 0.0560. The van der Waals surface area contributed by atoms with E-state index < -0.39 is 6.04 Å². The van der Waals surface area contributed by atoms with Gasteiger partial charge in [0, 0.05) is 39.0 Å². The number of hydrogen-bond acceptors (Lipinski definition) is 6. The van der Waals surface area contributed by atoms with E-state index >= 15 is 0 Å². The first-order valence-electron chi connectivity index (χ1n) is 11.3. The molecule has 0 saturated carbocycles. The lowest BCUT2D eigenvalue weighted by atomic mass is 10.1. The molecule has 8 nitrogen and oxygen atoms in total. The van der Waals surface area contributed by atoms with Crippen molar-refractivity contribution in [2.75, 3.05) is 31.6 Å². The molecule has 3 amide bonds. The van der Waals surface area contributed by atoms with Crippen LogP contribution < -0.4 is 5.32 Å². The molecule has 1 aromatic heterocycles. The van der Waals surface area contributed by atoms with Crippen LogP contribution in [0.4, 0.5) is 0 Å². The third kappa shape index (κ3) is 7.85. The fraction of sp³-hybridized carbons (Fsp3) is 0.440. The van der Waals surface area contributed by atoms with Gasteiger partial charge < -0.3 is 19.9 Å². The van der Waals surface area contributed by atoms with Gasteiger partial charge in [0.25, 0.3) is 0 Å². The summed E-state index contributed by atoms with van der Waals surface area (Å²) in [7, 11) is 0. The number of thioether (sulfide) groups is 1. The predicted octanol–water partition coefficient (Wildman–Crippen LogP) is 2.10. The van der Waals surface area contributed by atoms with Crippen LogP contribution in [-0.2, 0) is 32.3 Å². The number of carbonyl (C=O) groups is 3. The molecule has 2 aromatic rings. The average molecular weight is 485 g/mol. The van der Waals surface area contributed by atoms with Crippen molar-refractivity contribution in [3.8, 4) is 0 Å². The summed E-state index contributed by atoms with van der Waals surface area (Å²) in [5.41, 5.74) is 1.93. The maximum atomic E-state index is 13.4. The standard InChI is InChI=1S/C25H32N4O4S/c1-19(30)27-23(10-12-34-2)25(32)29-16-22(33-18-21-9-6-11-26-13-21)15-28(24(31)17-29)14-20-7-4-3-5-8-20/h3-9,11,13,22-23H,10,12,14-18H2,1-2H3,(H,27,30)/t22-,23+/m1/s1. The summed E-state index contributed by atoms with van der Waals surface area (Å²) in [6, 6.07) is 12.9. The number of nitrogens with one attached hydrogen (secondary N) is 1. The van der Waals surface area contributed by atoms with Crippen LogP contribution in [0.2, 0.25) is 0 Å². The van der Waals surface area contributed by atoms with Crippen LogP contribution in [0.3, 0.4) is 0 Å². The molecule has 0 spiro atoms. The number of pyridine rings is 1. The number of benzene rings is 1. The molecule has 1 aliphatic heterocycles. The van der Waals surface area contributed by atoms with Crippen LogP contribution in [0, 0.1) is 0 Å². The predicted molar refractivity (Wildman–Crippen MR) is 132 cm³/mol. The second-order valence-electron chi connectivity index (χ2n) is 8.31. The van der Waals surface area contributed by atoms with E-state index in [1.54, 1.807) is 29.1 Å². The average Bonchev–Trinajstić information content (AvgIpc) is 2.99. The molecule has 34 heavy (non-hydrogen) atoms. The molecule has 0 bridgehead atoms. The zero-order valence-electron chi connectivity index (χ0n) is 19.7. The maximum absolute atomic E-state index is 13.4. The van der Waals surface area contributed by atoms with Gasteiger partial charge in [-0.2, -0.15) is 11.8 Å². The Balaban J connectivity index is 1.78. The minimum atomic E-state index is -0.669. The van der Waals surface area contributed by atoms with Crippen LogP contribution >= 0.6 is 11.8 Å². The van der Waals surface area contributed by atoms with E-state index in [0.717, 1.165) is 16.9 Å². The van der Waals surface area contributed by atoms with Gasteiger partial charge in [-0.15, -0.1) is 0 Å². The van der Waals surface area contributed by atoms with E-state index in [1.807, 2.05) is 48.7 Å². The summed E-state index contributed by atoms with van der Waals surface area (Å²) in [5, 5.41) is 2.75. The highest BCUT2D eigenvalue weighted by Crippen LogP contribution is 2.16. The van der Waals surface area contributed by atoms with Gasteiger partial charge in [0.15, 0.2) is 0 Å². The number of rotatable bonds is 10. The van der Waals surface area contributed by atoms with E-state index in [0.29, 0.717) is 26.1 Å². The Hall–Kier alpha value is -2.91. The number of aromatic nitrogens is 1. The highest BCUT2D eigenvalue weighted by molar-refractivity contribution is 7.98. The van der Waals surface area contributed by atoms with Crippen LogP contribution in [0.1, 0.15) is 24.5 Å². The molecule has 2 atom stereocenters. The van der Waals surface area contributed by atoms with E-state index in [9.17, 15) is 14.4 Å². The lowest BCUT2D eigenvalue weighted by Crippen LogP contribution is -2.51. The van der Waals surface area contributed by atoms with E-state index in [4.69, 9.17) is 4.74 Å². The smallest absolute Gasteiger partial charge is 0.245 e. The van der Waals surface area contributed by atoms with Crippen molar-refractivity contribution in [2.45, 2.75) is 38.6 Å². The summed E-state index contributed by atoms with van der Waals surface area (Å²) in [6.45, 7) is 2.76. The van der Waals surface area contributed by atoms with Crippen molar-refractivity contribution in [3.05, 3.63) is 66.0 Å². The van der Waals surface area contributed by atoms with Crippen LogP contribution in [0.5, 0.6) is 0 Å². The zero-order chi connectivity index (χ0) is 24.3. The molecule has 1 saturated heterocycles. The largest absolute Gasteiger partial charge is 0.370 e. The number of ether oxygens (including phenoxy) is 1. The Labute approximate surface area is 205 Å². The molecule has 1 aliphatic rings. The molecule has 0 radical (unpaired) electrons. The lowest BCUT2D eigenvalue weighted by Gasteiger charge is -2.28. The van der Waals surface area contributed by atoms with E-state index in [-0.39, 0.29) is 36.9 Å². The van der Waals surface area contributed by atoms with Crippen LogP contribution in [0.15, 0.2) is 54.9 Å². The van der Waals surface area contributed by atoms with Crippen molar-refractivity contribution < 1.29 is 19.1 Å². The minimum absolute atomic E-state index is 0.0478. The molecule has 1 fully saturated rings. The quantitative estimate of drug-likeness (QED) is 0.555. The highest BCUT2D eigenvalue weighted by atomic mass is 32.2. The number of amides is 3. The van der Waals surface area contributed by atoms with Gasteiger partial charge in [0.05, 0.1) is 19.3 Å². The summed E-state index contributed by atoms with van der Waals surface area (Å²) < 4.78 is 6.17. The number of nitrogens with zero attached hydrogens (tertiary/aromatic N) is 3. The van der Waals surface area contributed by atoms with Gasteiger partial charge in [-0.1, -0.05) is 36.4 Å². The van der Waals surface area contributed by atoms with Crippen LogP contribution in [0.25, 0.3) is 0 Å². The molecular formula is C25H32N4O4S. The SMILES string of the molecule is CSCC[C@H](NC(C)=O)C(=O)N1CC(=O)N(Cc2ccccc2)C[C@@H](OCc2cccnc2)C1. The summed E-state index contributed by atoms with van der Waals surface area (Å²) in [6.07, 6.45) is 5.51. The first-order chi connectivity index (χ1) is 16.5. The van der Waals surface area contributed by atoms with E-state index in [2.05, 4.69) is 10.3 Å². The van der Waals surface area contributed by atoms with Crippen molar-refractivity contribution in [1.82, 2.24) is 20.1 Å². The normalized spacial score (nSPS) is 17.2. The lowest BCUT2D eigenvalue weighted by molar-refractivity contribution is -0.141. The van der Waals surface area contributed by atoms with Crippen molar-refractivity contribution >= 4 is 29.5 Å². The highest BCUT2D eigenvalue weighted by Gasteiger charge is 2.34. The first-order valence-corrected chi connectivity index (χ1v) is 12.7. The molecule has 0 unspecified atom stereocenters. The van der Waals surface area contributed by atoms with Gasteiger partial charge in [-0.3, -0.25) is 19.4 Å². The minimum Gasteiger partial charge on any atom is -0.370 e. The molecule has 182 valence electrons. The van der Waals surface area contributed by atoms with Crippen molar-refractivity contribution in [1.29, 1.82) is 0 Å². The van der Waals surface area contributed by atoms with Gasteiger partial charge >= 0.3 is 0 Å². The molecule has 1 aromatic carbocycles.